The van der Waals surface area contributed by atoms with Crippen LogP contribution >= 0.6 is 0 Å². The van der Waals surface area contributed by atoms with Gasteiger partial charge < -0.3 is 4.98 Å². The van der Waals surface area contributed by atoms with Gasteiger partial charge >= 0.3 is 0 Å². The Labute approximate surface area is 200 Å². The lowest BCUT2D eigenvalue weighted by Gasteiger charge is -2.34. The fourth-order valence-electron chi connectivity index (χ4n) is 4.74. The molecule has 0 unspecified atom stereocenters. The lowest BCUT2D eigenvalue weighted by atomic mass is 9.69. The molecule has 3 heteroatoms. The third kappa shape index (κ3) is 3.56. The Kier molecular flexibility index (Phi) is 5.69. The number of rotatable bonds is 6. The van der Waals surface area contributed by atoms with E-state index in [1.807, 2.05) is 86.6 Å². The molecule has 0 radical (unpaired) electrons. The van der Waals surface area contributed by atoms with E-state index in [0.29, 0.717) is 17.1 Å². The summed E-state index contributed by atoms with van der Waals surface area (Å²) >= 11 is 0. The van der Waals surface area contributed by atoms with E-state index in [0.717, 1.165) is 27.8 Å². The van der Waals surface area contributed by atoms with Gasteiger partial charge in [0.15, 0.2) is 0 Å². The molecular weight excluding hydrogens is 416 g/mol. The summed E-state index contributed by atoms with van der Waals surface area (Å²) in [5.74, 6) is 0.660. The summed E-state index contributed by atoms with van der Waals surface area (Å²) in [7, 11) is 0. The van der Waals surface area contributed by atoms with E-state index in [-0.39, 0.29) is 5.78 Å². The van der Waals surface area contributed by atoms with Gasteiger partial charge in [-0.2, -0.15) is 0 Å². The molecule has 166 valence electrons. The number of H-pyrrole nitrogens is 1. The average molecular weight is 443 g/mol. The number of carbonyl (C=O) groups excluding carboxylic acids is 1. The molecule has 0 spiro atoms. The predicted octanol–water partition coefficient (Wildman–Crippen LogP) is 6.64. The molecule has 3 nitrogen and oxygen atoms in total. The second kappa shape index (κ2) is 8.95. The van der Waals surface area contributed by atoms with Crippen molar-refractivity contribution >= 4 is 5.78 Å². The Balaban J connectivity index is 1.75. The van der Waals surface area contributed by atoms with Crippen molar-refractivity contribution in [3.63, 3.8) is 0 Å². The number of aryl methyl sites for hydroxylation is 1. The van der Waals surface area contributed by atoms with Gasteiger partial charge in [-0.05, 0) is 41.7 Å². The SMILES string of the molecule is Cc1cccc(C(=O)c2cnc(C(c3ccccc3)(c3ccccc3)c3ccccc3)[nH]2)c1C. The first-order valence-corrected chi connectivity index (χ1v) is 11.5. The van der Waals surface area contributed by atoms with E-state index < -0.39 is 5.41 Å². The fourth-order valence-corrected chi connectivity index (χ4v) is 4.74. The van der Waals surface area contributed by atoms with Crippen LogP contribution in [0.3, 0.4) is 0 Å². The molecule has 0 saturated carbocycles. The Morgan fingerprint density at radius 3 is 1.68 bits per heavy atom. The average Bonchev–Trinajstić information content (AvgIpc) is 3.38. The van der Waals surface area contributed by atoms with Crippen molar-refractivity contribution < 1.29 is 4.79 Å². The molecular formula is C31H26N2O. The molecule has 1 aromatic heterocycles. The Morgan fingerprint density at radius 1 is 0.676 bits per heavy atom. The predicted molar refractivity (Wildman–Crippen MR) is 136 cm³/mol. The van der Waals surface area contributed by atoms with Crippen molar-refractivity contribution in [2.24, 2.45) is 0 Å². The third-order valence-corrected chi connectivity index (χ3v) is 6.65. The second-order valence-electron chi connectivity index (χ2n) is 8.57. The third-order valence-electron chi connectivity index (χ3n) is 6.65. The van der Waals surface area contributed by atoms with Crippen molar-refractivity contribution in [1.29, 1.82) is 0 Å². The summed E-state index contributed by atoms with van der Waals surface area (Å²) in [6, 6.07) is 36.9. The maximum Gasteiger partial charge on any atom is 0.211 e. The minimum atomic E-state index is -0.704. The quantitative estimate of drug-likeness (QED) is 0.237. The van der Waals surface area contributed by atoms with Crippen LogP contribution in [0.4, 0.5) is 0 Å². The molecule has 1 heterocycles. The van der Waals surface area contributed by atoms with Gasteiger partial charge in [-0.25, -0.2) is 4.98 Å². The van der Waals surface area contributed by atoms with Gasteiger partial charge in [0.25, 0.3) is 0 Å². The molecule has 0 bridgehead atoms. The zero-order valence-electron chi connectivity index (χ0n) is 19.3. The first-order valence-electron chi connectivity index (χ1n) is 11.5. The van der Waals surface area contributed by atoms with E-state index >= 15 is 0 Å². The number of carbonyl (C=O) groups is 1. The monoisotopic (exact) mass is 442 g/mol. The maximum atomic E-state index is 13.5. The number of aromatic nitrogens is 2. The zero-order chi connectivity index (χ0) is 23.5. The summed E-state index contributed by atoms with van der Waals surface area (Å²) < 4.78 is 0. The van der Waals surface area contributed by atoms with E-state index in [2.05, 4.69) is 41.4 Å². The van der Waals surface area contributed by atoms with Crippen molar-refractivity contribution in [3.05, 3.63) is 160 Å². The Hall–Kier alpha value is -4.24. The van der Waals surface area contributed by atoms with E-state index in [1.54, 1.807) is 6.20 Å². The molecule has 34 heavy (non-hydrogen) atoms. The summed E-state index contributed by atoms with van der Waals surface area (Å²) in [4.78, 5) is 21.8. The highest BCUT2D eigenvalue weighted by Gasteiger charge is 2.41. The number of hydrogen-bond acceptors (Lipinski definition) is 2. The second-order valence-corrected chi connectivity index (χ2v) is 8.57. The standard InChI is InChI=1S/C31H26N2O/c1-22-13-12-20-27(23(22)2)29(34)28-21-32-30(33-28)31(24-14-6-3-7-15-24,25-16-8-4-9-17-25)26-18-10-5-11-19-26/h3-21H,1-2H3,(H,32,33). The number of hydrogen-bond donors (Lipinski definition) is 1. The Morgan fingerprint density at radius 2 is 1.18 bits per heavy atom. The van der Waals surface area contributed by atoms with Crippen LogP contribution in [0.15, 0.2) is 115 Å². The minimum Gasteiger partial charge on any atom is -0.338 e. The van der Waals surface area contributed by atoms with E-state index in [1.165, 1.54) is 0 Å². The summed E-state index contributed by atoms with van der Waals surface area (Å²) in [5.41, 5.74) is 5.79. The van der Waals surface area contributed by atoms with Crippen molar-refractivity contribution in [2.75, 3.05) is 0 Å². The van der Waals surface area contributed by atoms with Gasteiger partial charge in [-0.15, -0.1) is 0 Å². The molecule has 0 aliphatic rings. The summed E-state index contributed by atoms with van der Waals surface area (Å²) in [6.07, 6.45) is 1.67. The minimum absolute atomic E-state index is 0.0527. The maximum absolute atomic E-state index is 13.5. The topological polar surface area (TPSA) is 45.8 Å². The highest BCUT2D eigenvalue weighted by Crippen LogP contribution is 2.43. The lowest BCUT2D eigenvalue weighted by molar-refractivity contribution is 0.103. The van der Waals surface area contributed by atoms with Gasteiger partial charge in [0.05, 0.1) is 6.20 Å². The van der Waals surface area contributed by atoms with Crippen LogP contribution in [0, 0.1) is 13.8 Å². The van der Waals surface area contributed by atoms with Crippen molar-refractivity contribution in [2.45, 2.75) is 19.3 Å². The van der Waals surface area contributed by atoms with Gasteiger partial charge in [-0.3, -0.25) is 4.79 Å². The van der Waals surface area contributed by atoms with Crippen LogP contribution in [0.5, 0.6) is 0 Å². The van der Waals surface area contributed by atoms with E-state index in [9.17, 15) is 4.79 Å². The van der Waals surface area contributed by atoms with Crippen LogP contribution in [0.25, 0.3) is 0 Å². The number of nitrogens with one attached hydrogen (secondary N) is 1. The van der Waals surface area contributed by atoms with Gasteiger partial charge in [-0.1, -0.05) is 109 Å². The number of ketones is 1. The first kappa shape index (κ1) is 21.6. The molecule has 0 amide bonds. The van der Waals surface area contributed by atoms with Crippen molar-refractivity contribution in [3.8, 4) is 0 Å². The largest absolute Gasteiger partial charge is 0.338 e. The van der Waals surface area contributed by atoms with Gasteiger partial charge in [0.2, 0.25) is 5.78 Å². The number of aromatic amines is 1. The van der Waals surface area contributed by atoms with Gasteiger partial charge in [0, 0.05) is 5.56 Å². The highest BCUT2D eigenvalue weighted by molar-refractivity contribution is 6.08. The van der Waals surface area contributed by atoms with Crippen LogP contribution in [0.2, 0.25) is 0 Å². The molecule has 0 aliphatic heterocycles. The molecule has 1 N–H and O–H groups in total. The number of benzene rings is 4. The number of nitrogens with zero attached hydrogens (tertiary/aromatic N) is 1. The van der Waals surface area contributed by atoms with Crippen LogP contribution in [0.1, 0.15) is 49.7 Å². The smallest absolute Gasteiger partial charge is 0.211 e. The van der Waals surface area contributed by atoms with Crippen LogP contribution in [-0.2, 0) is 5.41 Å². The molecule has 4 aromatic carbocycles. The van der Waals surface area contributed by atoms with E-state index in [4.69, 9.17) is 4.98 Å². The fraction of sp³-hybridized carbons (Fsp3) is 0.0968. The molecule has 5 rings (SSSR count). The first-order chi connectivity index (χ1) is 16.6. The van der Waals surface area contributed by atoms with Crippen LogP contribution < -0.4 is 0 Å². The summed E-state index contributed by atoms with van der Waals surface area (Å²) in [5, 5.41) is 0. The summed E-state index contributed by atoms with van der Waals surface area (Å²) in [6.45, 7) is 4.01. The van der Waals surface area contributed by atoms with Crippen LogP contribution in [-0.4, -0.2) is 15.8 Å². The molecule has 0 fully saturated rings. The normalized spacial score (nSPS) is 11.4. The molecule has 0 saturated heterocycles. The van der Waals surface area contributed by atoms with Gasteiger partial charge in [0.1, 0.15) is 16.9 Å². The zero-order valence-corrected chi connectivity index (χ0v) is 19.3. The number of imidazole rings is 1. The molecule has 0 atom stereocenters. The molecule has 0 aliphatic carbocycles. The lowest BCUT2D eigenvalue weighted by Crippen LogP contribution is -2.32. The highest BCUT2D eigenvalue weighted by atomic mass is 16.1. The molecule has 5 aromatic rings. The Bertz CT molecular complexity index is 1320. The van der Waals surface area contributed by atoms with Crippen molar-refractivity contribution in [1.82, 2.24) is 9.97 Å².